The average molecular weight is 492 g/mol. The monoisotopic (exact) mass is 491 g/mol. The Labute approximate surface area is 209 Å². The van der Waals surface area contributed by atoms with Gasteiger partial charge in [-0.3, -0.25) is 19.7 Å². The number of hydrogen-bond donors (Lipinski definition) is 3. The van der Waals surface area contributed by atoms with Crippen LogP contribution in [0.4, 0.5) is 5.82 Å². The maximum atomic E-state index is 9.83. The van der Waals surface area contributed by atoms with Crippen LogP contribution in [-0.4, -0.2) is 71.1 Å². The minimum atomic E-state index is -0.210. The van der Waals surface area contributed by atoms with Crippen molar-refractivity contribution in [3.05, 3.63) is 34.4 Å². The van der Waals surface area contributed by atoms with Gasteiger partial charge in [0.05, 0.1) is 46.7 Å². The molecule has 0 fully saturated rings. The molecule has 4 aromatic rings. The van der Waals surface area contributed by atoms with Gasteiger partial charge in [0.25, 0.3) is 0 Å². The van der Waals surface area contributed by atoms with Gasteiger partial charge in [-0.25, -0.2) is 4.68 Å². The minimum absolute atomic E-state index is 0.0383. The van der Waals surface area contributed by atoms with E-state index in [0.717, 1.165) is 50.5 Å². The Bertz CT molecular complexity index is 1460. The molecule has 0 unspecified atom stereocenters. The number of anilines is 1. The topological polar surface area (TPSA) is 136 Å². The van der Waals surface area contributed by atoms with Crippen molar-refractivity contribution < 1.29 is 9.84 Å². The van der Waals surface area contributed by atoms with Crippen molar-refractivity contribution in [1.82, 2.24) is 39.6 Å². The number of aliphatic hydroxyl groups excluding tert-OH is 1. The van der Waals surface area contributed by atoms with Crippen LogP contribution in [0.25, 0.3) is 34.3 Å². The second-order valence-corrected chi connectivity index (χ2v) is 9.70. The van der Waals surface area contributed by atoms with E-state index in [1.165, 1.54) is 0 Å². The summed E-state index contributed by atoms with van der Waals surface area (Å²) < 4.78 is 10.1. The van der Waals surface area contributed by atoms with Gasteiger partial charge in [-0.2, -0.15) is 15.3 Å². The molecule has 0 saturated carbocycles. The van der Waals surface area contributed by atoms with Crippen molar-refractivity contribution in [1.29, 1.82) is 0 Å². The number of nitrogens with zero attached hydrogens (tertiary/aromatic N) is 7. The lowest BCUT2D eigenvalue weighted by Crippen LogP contribution is -2.32. The SMILES string of the molecule is Cc1nn(C)c2c1-c1cc3c([nH]nc3c(C)n1)/C=C/c1c(N)nn([C@@H](C)CO)c1CN(C)C[C@H](C)O2. The van der Waals surface area contributed by atoms with Crippen molar-refractivity contribution >= 4 is 28.9 Å². The molecule has 11 heteroatoms. The first-order valence-corrected chi connectivity index (χ1v) is 12.1. The summed E-state index contributed by atoms with van der Waals surface area (Å²) in [6, 6.07) is 1.82. The summed E-state index contributed by atoms with van der Waals surface area (Å²) in [4.78, 5) is 7.02. The molecule has 0 aromatic carbocycles. The molecule has 0 radical (unpaired) electrons. The Morgan fingerprint density at radius 3 is 2.75 bits per heavy atom. The third-order valence-electron chi connectivity index (χ3n) is 6.65. The van der Waals surface area contributed by atoms with Gasteiger partial charge in [-0.1, -0.05) is 0 Å². The maximum Gasteiger partial charge on any atom is 0.221 e. The molecule has 1 aliphatic rings. The molecule has 11 nitrogen and oxygen atoms in total. The fourth-order valence-corrected chi connectivity index (χ4v) is 4.95. The molecule has 4 N–H and O–H groups in total. The number of fused-ring (bicyclic) bond motifs is 4. The Hall–Kier alpha value is -3.70. The second kappa shape index (κ2) is 9.07. The van der Waals surface area contributed by atoms with E-state index in [-0.39, 0.29) is 18.8 Å². The number of aliphatic hydroxyl groups is 1. The zero-order valence-electron chi connectivity index (χ0n) is 21.6. The van der Waals surface area contributed by atoms with Crippen LogP contribution >= 0.6 is 0 Å². The van der Waals surface area contributed by atoms with E-state index in [1.807, 2.05) is 64.7 Å². The van der Waals surface area contributed by atoms with Gasteiger partial charge in [0.15, 0.2) is 5.82 Å². The number of ether oxygens (including phenoxy) is 1. The third kappa shape index (κ3) is 4.03. The fraction of sp³-hybridized carbons (Fsp3) is 0.440. The molecule has 0 spiro atoms. The van der Waals surface area contributed by atoms with E-state index < -0.39 is 0 Å². The summed E-state index contributed by atoms with van der Waals surface area (Å²) in [5, 5.41) is 27.6. The number of aromatic nitrogens is 7. The molecule has 4 aromatic heterocycles. The normalized spacial score (nSPS) is 18.4. The van der Waals surface area contributed by atoms with Crippen molar-refractivity contribution in [2.24, 2.45) is 7.05 Å². The lowest BCUT2D eigenvalue weighted by atomic mass is 10.1. The van der Waals surface area contributed by atoms with Gasteiger partial charge < -0.3 is 15.6 Å². The average Bonchev–Trinajstić information content (AvgIpc) is 3.45. The fourth-order valence-electron chi connectivity index (χ4n) is 4.95. The number of rotatable bonds is 2. The first kappa shape index (κ1) is 24.0. The van der Waals surface area contributed by atoms with E-state index in [0.29, 0.717) is 24.8 Å². The standard InChI is InChI=1S/C25H33N9O2/c1-13(12-35)34-21-11-32(5)10-14(2)36-25-22(15(3)30-33(25)6)20-9-18-19(8-7-17(21)24(26)31-34)28-29-23(18)16(4)27-20/h7-9,13-14,35H,10-12H2,1-6H3,(H2,26,31)(H,28,29)/b8-7+/t13-,14-/m0/s1. The molecule has 190 valence electrons. The molecule has 5 rings (SSSR count). The van der Waals surface area contributed by atoms with Crippen molar-refractivity contribution in [3.63, 3.8) is 0 Å². The first-order valence-electron chi connectivity index (χ1n) is 12.1. The highest BCUT2D eigenvalue weighted by molar-refractivity contribution is 5.93. The Morgan fingerprint density at radius 2 is 2.00 bits per heavy atom. The summed E-state index contributed by atoms with van der Waals surface area (Å²) in [5.41, 5.74) is 13.1. The van der Waals surface area contributed by atoms with Crippen LogP contribution < -0.4 is 10.5 Å². The molecular formula is C25H33N9O2. The molecule has 0 amide bonds. The second-order valence-electron chi connectivity index (χ2n) is 9.70. The molecule has 5 heterocycles. The van der Waals surface area contributed by atoms with Gasteiger partial charge in [0.1, 0.15) is 11.6 Å². The van der Waals surface area contributed by atoms with Crippen molar-refractivity contribution in [2.45, 2.75) is 46.4 Å². The Kier molecular flexibility index (Phi) is 6.05. The number of aromatic amines is 1. The lowest BCUT2D eigenvalue weighted by Gasteiger charge is -2.24. The summed E-state index contributed by atoms with van der Waals surface area (Å²) in [6.45, 7) is 9.07. The van der Waals surface area contributed by atoms with E-state index in [1.54, 1.807) is 4.68 Å². The predicted octanol–water partition coefficient (Wildman–Crippen LogP) is 2.69. The summed E-state index contributed by atoms with van der Waals surface area (Å²) in [6.07, 6.45) is 3.81. The van der Waals surface area contributed by atoms with Crippen LogP contribution in [0.2, 0.25) is 0 Å². The molecule has 2 atom stereocenters. The number of aryl methyl sites for hydroxylation is 3. The van der Waals surface area contributed by atoms with Gasteiger partial charge in [0, 0.05) is 31.1 Å². The molecule has 36 heavy (non-hydrogen) atoms. The van der Waals surface area contributed by atoms with Crippen LogP contribution in [0.1, 0.15) is 48.2 Å². The molecule has 1 aliphatic heterocycles. The highest BCUT2D eigenvalue weighted by atomic mass is 16.5. The third-order valence-corrected chi connectivity index (χ3v) is 6.65. The van der Waals surface area contributed by atoms with Crippen LogP contribution in [0.15, 0.2) is 6.07 Å². The summed E-state index contributed by atoms with van der Waals surface area (Å²) in [5.74, 6) is 1.10. The van der Waals surface area contributed by atoms with E-state index >= 15 is 0 Å². The minimum Gasteiger partial charge on any atom is -0.473 e. The molecule has 2 bridgehead atoms. The van der Waals surface area contributed by atoms with Gasteiger partial charge >= 0.3 is 0 Å². The zero-order chi connectivity index (χ0) is 25.7. The molecule has 0 aliphatic carbocycles. The van der Waals surface area contributed by atoms with E-state index in [9.17, 15) is 5.11 Å². The quantitative estimate of drug-likeness (QED) is 0.389. The largest absolute Gasteiger partial charge is 0.473 e. The maximum absolute atomic E-state index is 9.83. The zero-order valence-corrected chi connectivity index (χ0v) is 21.6. The highest BCUT2D eigenvalue weighted by Gasteiger charge is 2.24. The number of nitrogens with one attached hydrogen (secondary N) is 1. The number of H-pyrrole nitrogens is 1. The van der Waals surface area contributed by atoms with Crippen LogP contribution in [0.3, 0.4) is 0 Å². The van der Waals surface area contributed by atoms with Gasteiger partial charge in [-0.15, -0.1) is 0 Å². The van der Waals surface area contributed by atoms with Crippen LogP contribution in [0.5, 0.6) is 5.88 Å². The van der Waals surface area contributed by atoms with Crippen molar-refractivity contribution in [2.75, 3.05) is 25.9 Å². The van der Waals surface area contributed by atoms with E-state index in [2.05, 4.69) is 25.3 Å². The molecule has 0 saturated heterocycles. The van der Waals surface area contributed by atoms with Gasteiger partial charge in [0.2, 0.25) is 5.88 Å². The summed E-state index contributed by atoms with van der Waals surface area (Å²) >= 11 is 0. The van der Waals surface area contributed by atoms with E-state index in [4.69, 9.17) is 15.5 Å². The predicted molar refractivity (Wildman–Crippen MR) is 139 cm³/mol. The number of nitrogen functional groups attached to an aromatic ring is 1. The number of hydrogen-bond acceptors (Lipinski definition) is 8. The highest BCUT2D eigenvalue weighted by Crippen LogP contribution is 2.35. The molecular weight excluding hydrogens is 458 g/mol. The van der Waals surface area contributed by atoms with Crippen LogP contribution in [-0.2, 0) is 13.6 Å². The Morgan fingerprint density at radius 1 is 1.22 bits per heavy atom. The smallest absolute Gasteiger partial charge is 0.221 e. The number of pyridine rings is 1. The number of likely N-dealkylation sites (N-methyl/N-ethyl adjacent to an activating group) is 1. The first-order chi connectivity index (χ1) is 17.2. The lowest BCUT2D eigenvalue weighted by molar-refractivity contribution is 0.145. The van der Waals surface area contributed by atoms with Crippen molar-refractivity contribution in [3.8, 4) is 17.1 Å². The summed E-state index contributed by atoms with van der Waals surface area (Å²) in [7, 11) is 3.92. The Balaban J connectivity index is 1.74. The van der Waals surface area contributed by atoms with Crippen LogP contribution in [0, 0.1) is 13.8 Å². The number of nitrogens with two attached hydrogens (primary N) is 1. The van der Waals surface area contributed by atoms with Gasteiger partial charge in [-0.05, 0) is 53.0 Å².